The molecule has 4 N–H and O–H groups in total. The maximum atomic E-state index is 6.01. The maximum Gasteiger partial charge on any atom is 0.0438 e. The number of nitrogens with two attached hydrogens (primary N) is 1. The number of hydrogen-bond acceptors (Lipinski definition) is 3. The first-order chi connectivity index (χ1) is 16.9. The molecule has 0 aromatic heterocycles. The van der Waals surface area contributed by atoms with Gasteiger partial charge in [-0.3, -0.25) is 0 Å². The van der Waals surface area contributed by atoms with Gasteiger partial charge in [0, 0.05) is 18.3 Å². The number of nitrogens with one attached hydrogen (secondary N) is 2. The second kappa shape index (κ2) is 21.0. The summed E-state index contributed by atoms with van der Waals surface area (Å²) in [4.78, 5) is 0. The van der Waals surface area contributed by atoms with Gasteiger partial charge in [-0.1, -0.05) is 102 Å². The Morgan fingerprint density at radius 1 is 0.886 bits per heavy atom. The largest absolute Gasteiger partial charge is 0.388 e. The first-order valence-corrected chi connectivity index (χ1v) is 13.5. The van der Waals surface area contributed by atoms with Gasteiger partial charge >= 0.3 is 0 Å². The molecule has 2 rings (SSSR count). The SMILES string of the molecule is C=C(NCCCC(C)C)C(N)CCCNC.C=CC(C)Cc1ccc(-c2ccccc2)cc1.CC. The molecular formula is C32H53N3. The zero-order valence-electron chi connectivity index (χ0n) is 23.4. The van der Waals surface area contributed by atoms with Crippen LogP contribution in [0.3, 0.4) is 0 Å². The molecule has 0 radical (unpaired) electrons. The molecule has 3 nitrogen and oxygen atoms in total. The lowest BCUT2D eigenvalue weighted by Crippen LogP contribution is -2.32. The van der Waals surface area contributed by atoms with E-state index in [0.29, 0.717) is 5.92 Å². The van der Waals surface area contributed by atoms with Crippen molar-refractivity contribution in [2.24, 2.45) is 17.6 Å². The van der Waals surface area contributed by atoms with Gasteiger partial charge in [-0.25, -0.2) is 0 Å². The van der Waals surface area contributed by atoms with Gasteiger partial charge in [-0.05, 0) is 74.2 Å². The monoisotopic (exact) mass is 479 g/mol. The second-order valence-corrected chi connectivity index (χ2v) is 9.32. The van der Waals surface area contributed by atoms with E-state index >= 15 is 0 Å². The van der Waals surface area contributed by atoms with Gasteiger partial charge in [0.15, 0.2) is 0 Å². The molecule has 0 aliphatic rings. The average molecular weight is 480 g/mol. The molecule has 196 valence electrons. The van der Waals surface area contributed by atoms with Crippen LogP contribution in [0.4, 0.5) is 0 Å². The summed E-state index contributed by atoms with van der Waals surface area (Å²) in [6.45, 7) is 20.5. The summed E-state index contributed by atoms with van der Waals surface area (Å²) in [5.74, 6) is 1.32. The Morgan fingerprint density at radius 3 is 2.00 bits per heavy atom. The Labute approximate surface area is 217 Å². The number of allylic oxidation sites excluding steroid dienone is 1. The first kappa shape index (κ1) is 32.6. The van der Waals surface area contributed by atoms with Crippen LogP contribution in [0.5, 0.6) is 0 Å². The standard InChI is InChI=1S/C17H18.C13H29N3.C2H6/c1-3-14(2)13-15-9-11-17(12-10-15)16-7-5-4-6-8-16;1-11(2)7-5-10-16-12(3)13(14)8-6-9-15-4;1-2/h3-12,14H,1,13H2,2H3;11,13,15-16H,3,5-10,14H2,1-2,4H3;1-2H3. The van der Waals surface area contributed by atoms with E-state index in [4.69, 9.17) is 5.73 Å². The van der Waals surface area contributed by atoms with E-state index in [0.717, 1.165) is 44.0 Å². The quantitative estimate of drug-likeness (QED) is 0.193. The molecule has 2 aromatic rings. The normalized spacial score (nSPS) is 11.9. The molecule has 0 heterocycles. The minimum absolute atomic E-state index is 0.0902. The van der Waals surface area contributed by atoms with Gasteiger partial charge < -0.3 is 16.4 Å². The van der Waals surface area contributed by atoms with E-state index in [1.165, 1.54) is 29.5 Å². The molecular weight excluding hydrogens is 426 g/mol. The Balaban J connectivity index is 0.000000619. The molecule has 2 aromatic carbocycles. The van der Waals surface area contributed by atoms with Gasteiger partial charge in [-0.2, -0.15) is 0 Å². The van der Waals surface area contributed by atoms with E-state index in [9.17, 15) is 0 Å². The number of hydrogen-bond donors (Lipinski definition) is 3. The topological polar surface area (TPSA) is 50.1 Å². The molecule has 0 aliphatic heterocycles. The van der Waals surface area contributed by atoms with Crippen LogP contribution in [0.15, 0.2) is 79.5 Å². The van der Waals surface area contributed by atoms with Crippen LogP contribution in [0.1, 0.15) is 65.9 Å². The molecule has 0 bridgehead atoms. The van der Waals surface area contributed by atoms with Crippen LogP contribution in [0.2, 0.25) is 0 Å². The van der Waals surface area contributed by atoms with Crippen molar-refractivity contribution in [3.8, 4) is 11.1 Å². The summed E-state index contributed by atoms with van der Waals surface area (Å²) < 4.78 is 0. The van der Waals surface area contributed by atoms with Crippen LogP contribution >= 0.6 is 0 Å². The zero-order valence-corrected chi connectivity index (χ0v) is 23.4. The molecule has 0 saturated carbocycles. The third kappa shape index (κ3) is 16.0. The lowest BCUT2D eigenvalue weighted by Gasteiger charge is -2.17. The fourth-order valence-electron chi connectivity index (χ4n) is 3.48. The zero-order chi connectivity index (χ0) is 26.5. The smallest absolute Gasteiger partial charge is 0.0438 e. The van der Waals surface area contributed by atoms with Crippen molar-refractivity contribution in [2.75, 3.05) is 20.1 Å². The lowest BCUT2D eigenvalue weighted by molar-refractivity contribution is 0.527. The van der Waals surface area contributed by atoms with Crippen molar-refractivity contribution >= 4 is 0 Å². The third-order valence-electron chi connectivity index (χ3n) is 5.72. The summed E-state index contributed by atoms with van der Waals surface area (Å²) in [6, 6.07) is 19.4. The summed E-state index contributed by atoms with van der Waals surface area (Å²) in [6.07, 6.45) is 7.63. The predicted molar refractivity (Wildman–Crippen MR) is 159 cm³/mol. The molecule has 3 heteroatoms. The highest BCUT2D eigenvalue weighted by Crippen LogP contribution is 2.20. The van der Waals surface area contributed by atoms with E-state index in [1.807, 2.05) is 33.0 Å². The molecule has 0 saturated heterocycles. The van der Waals surface area contributed by atoms with Gasteiger partial charge in [0.05, 0.1) is 0 Å². The highest BCUT2D eigenvalue weighted by molar-refractivity contribution is 5.63. The third-order valence-corrected chi connectivity index (χ3v) is 5.72. The van der Waals surface area contributed by atoms with Crippen molar-refractivity contribution in [1.29, 1.82) is 0 Å². The minimum atomic E-state index is 0.0902. The Bertz CT molecular complexity index is 765. The fraction of sp³-hybridized carbons (Fsp3) is 0.500. The van der Waals surface area contributed by atoms with Gasteiger partial charge in [0.2, 0.25) is 0 Å². The van der Waals surface area contributed by atoms with Gasteiger partial charge in [-0.15, -0.1) is 6.58 Å². The highest BCUT2D eigenvalue weighted by Gasteiger charge is 2.06. The highest BCUT2D eigenvalue weighted by atomic mass is 14.9. The minimum Gasteiger partial charge on any atom is -0.388 e. The molecule has 0 fully saturated rings. The van der Waals surface area contributed by atoms with Crippen LogP contribution in [0, 0.1) is 11.8 Å². The van der Waals surface area contributed by atoms with Crippen LogP contribution < -0.4 is 16.4 Å². The Kier molecular flexibility index (Phi) is 19.6. The summed E-state index contributed by atoms with van der Waals surface area (Å²) in [7, 11) is 1.96. The molecule has 35 heavy (non-hydrogen) atoms. The van der Waals surface area contributed by atoms with Crippen LogP contribution in [0.25, 0.3) is 11.1 Å². The molecule has 0 aliphatic carbocycles. The molecule has 0 spiro atoms. The van der Waals surface area contributed by atoms with Crippen molar-refractivity contribution in [3.63, 3.8) is 0 Å². The number of rotatable bonds is 14. The second-order valence-electron chi connectivity index (χ2n) is 9.32. The van der Waals surface area contributed by atoms with Crippen LogP contribution in [-0.2, 0) is 6.42 Å². The van der Waals surface area contributed by atoms with E-state index in [2.05, 4.69) is 93.1 Å². The Morgan fingerprint density at radius 2 is 1.46 bits per heavy atom. The van der Waals surface area contributed by atoms with E-state index < -0.39 is 0 Å². The summed E-state index contributed by atoms with van der Waals surface area (Å²) in [5, 5.41) is 6.45. The molecule has 2 unspecified atom stereocenters. The van der Waals surface area contributed by atoms with Crippen molar-refractivity contribution in [2.45, 2.75) is 72.8 Å². The predicted octanol–water partition coefficient (Wildman–Crippen LogP) is 7.60. The average Bonchev–Trinajstić information content (AvgIpc) is 2.89. The molecule has 2 atom stereocenters. The summed E-state index contributed by atoms with van der Waals surface area (Å²) in [5.41, 5.74) is 10.9. The van der Waals surface area contributed by atoms with E-state index in [1.54, 1.807) is 0 Å². The van der Waals surface area contributed by atoms with Gasteiger partial charge in [0.25, 0.3) is 0 Å². The molecule has 0 amide bonds. The summed E-state index contributed by atoms with van der Waals surface area (Å²) >= 11 is 0. The van der Waals surface area contributed by atoms with Crippen molar-refractivity contribution < 1.29 is 0 Å². The van der Waals surface area contributed by atoms with Crippen LogP contribution in [-0.4, -0.2) is 26.2 Å². The van der Waals surface area contributed by atoms with E-state index in [-0.39, 0.29) is 6.04 Å². The van der Waals surface area contributed by atoms with Gasteiger partial charge in [0.1, 0.15) is 0 Å². The first-order valence-electron chi connectivity index (χ1n) is 13.5. The maximum absolute atomic E-state index is 6.01. The van der Waals surface area contributed by atoms with Crippen molar-refractivity contribution in [1.82, 2.24) is 10.6 Å². The fourth-order valence-corrected chi connectivity index (χ4v) is 3.48. The number of benzene rings is 2. The Hall–Kier alpha value is -2.36. The lowest BCUT2D eigenvalue weighted by atomic mass is 9.98. The van der Waals surface area contributed by atoms with Crippen molar-refractivity contribution in [3.05, 3.63) is 85.1 Å².